The van der Waals surface area contributed by atoms with Gasteiger partial charge in [-0.15, -0.1) is 11.3 Å². The second kappa shape index (κ2) is 6.44. The molecule has 1 aliphatic carbocycles. The minimum Gasteiger partial charge on any atom is -0.317 e. The Morgan fingerprint density at radius 1 is 1.16 bits per heavy atom. The Bertz CT molecular complexity index is 996. The van der Waals surface area contributed by atoms with Gasteiger partial charge in [-0.3, -0.25) is 14.9 Å². The van der Waals surface area contributed by atoms with Gasteiger partial charge in [-0.05, 0) is 31.7 Å². The molecule has 5 nitrogen and oxygen atoms in total. The van der Waals surface area contributed by atoms with Crippen molar-refractivity contribution in [3.8, 4) is 0 Å². The van der Waals surface area contributed by atoms with E-state index in [0.717, 1.165) is 25.0 Å². The van der Waals surface area contributed by atoms with E-state index in [0.29, 0.717) is 21.5 Å². The van der Waals surface area contributed by atoms with Crippen molar-refractivity contribution >= 4 is 33.1 Å². The lowest BCUT2D eigenvalue weighted by Crippen LogP contribution is -2.21. The van der Waals surface area contributed by atoms with Crippen LogP contribution >= 0.6 is 11.3 Å². The first-order chi connectivity index (χ1) is 12.1. The van der Waals surface area contributed by atoms with Crippen LogP contribution in [-0.2, 0) is 19.9 Å². The SMILES string of the molecule is Cn1cc(C(=O)Nc2nc3c(s2)CCCCC3)c2ccccc2c1=O. The van der Waals surface area contributed by atoms with E-state index in [-0.39, 0.29) is 11.5 Å². The lowest BCUT2D eigenvalue weighted by molar-refractivity contribution is 0.102. The largest absolute Gasteiger partial charge is 0.317 e. The summed E-state index contributed by atoms with van der Waals surface area (Å²) in [6.45, 7) is 0. The van der Waals surface area contributed by atoms with E-state index in [1.165, 1.54) is 22.3 Å². The molecule has 2 heterocycles. The molecule has 0 atom stereocenters. The number of aryl methyl sites for hydroxylation is 3. The highest BCUT2D eigenvalue weighted by Gasteiger charge is 2.18. The van der Waals surface area contributed by atoms with Crippen molar-refractivity contribution in [3.05, 3.63) is 57.0 Å². The van der Waals surface area contributed by atoms with Gasteiger partial charge in [0.2, 0.25) is 0 Å². The molecule has 1 amide bonds. The fourth-order valence-electron chi connectivity index (χ4n) is 3.34. The topological polar surface area (TPSA) is 64.0 Å². The number of nitrogens with one attached hydrogen (secondary N) is 1. The molecule has 1 N–H and O–H groups in total. The normalized spacial score (nSPS) is 14.1. The predicted octanol–water partition coefficient (Wildman–Crippen LogP) is 3.52. The van der Waals surface area contributed by atoms with Crippen molar-refractivity contribution < 1.29 is 4.79 Å². The van der Waals surface area contributed by atoms with E-state index < -0.39 is 0 Å². The molecule has 1 aliphatic rings. The Hall–Kier alpha value is -2.47. The second-order valence-electron chi connectivity index (χ2n) is 6.41. The minimum atomic E-state index is -0.226. The minimum absolute atomic E-state index is 0.104. The molecule has 0 bridgehead atoms. The van der Waals surface area contributed by atoms with Crippen LogP contribution in [0.2, 0.25) is 0 Å². The molecular formula is C19H19N3O2S. The summed E-state index contributed by atoms with van der Waals surface area (Å²) in [7, 11) is 1.66. The number of carbonyl (C=O) groups is 1. The molecule has 4 rings (SSSR count). The Balaban J connectivity index is 1.69. The number of benzene rings is 1. The number of aromatic nitrogens is 2. The van der Waals surface area contributed by atoms with Crippen LogP contribution in [0.1, 0.15) is 40.2 Å². The molecule has 25 heavy (non-hydrogen) atoms. The van der Waals surface area contributed by atoms with Gasteiger partial charge in [-0.1, -0.05) is 24.6 Å². The van der Waals surface area contributed by atoms with E-state index in [2.05, 4.69) is 10.3 Å². The highest BCUT2D eigenvalue weighted by Crippen LogP contribution is 2.29. The van der Waals surface area contributed by atoms with Crippen molar-refractivity contribution in [3.63, 3.8) is 0 Å². The molecule has 2 aromatic heterocycles. The monoisotopic (exact) mass is 353 g/mol. The summed E-state index contributed by atoms with van der Waals surface area (Å²) in [4.78, 5) is 31.0. The van der Waals surface area contributed by atoms with Crippen LogP contribution in [-0.4, -0.2) is 15.5 Å². The number of thiazole rings is 1. The van der Waals surface area contributed by atoms with Crippen LogP contribution in [0.5, 0.6) is 0 Å². The smallest absolute Gasteiger partial charge is 0.259 e. The molecule has 1 aromatic carbocycles. The first-order valence-corrected chi connectivity index (χ1v) is 9.33. The van der Waals surface area contributed by atoms with Gasteiger partial charge in [-0.2, -0.15) is 0 Å². The van der Waals surface area contributed by atoms with E-state index in [1.807, 2.05) is 18.2 Å². The molecule has 6 heteroatoms. The van der Waals surface area contributed by atoms with Crippen LogP contribution in [0.15, 0.2) is 35.3 Å². The standard InChI is InChI=1S/C19H19N3O2S/c1-22-11-14(12-7-5-6-8-13(12)18(22)24)17(23)21-19-20-15-9-3-2-4-10-16(15)25-19/h5-8,11H,2-4,9-10H2,1H3,(H,20,21,23). The van der Waals surface area contributed by atoms with Crippen LogP contribution < -0.4 is 10.9 Å². The van der Waals surface area contributed by atoms with Gasteiger partial charge >= 0.3 is 0 Å². The van der Waals surface area contributed by atoms with E-state index in [4.69, 9.17) is 0 Å². The summed E-state index contributed by atoms with van der Waals surface area (Å²) >= 11 is 1.57. The summed E-state index contributed by atoms with van der Waals surface area (Å²) in [5, 5.41) is 4.79. The summed E-state index contributed by atoms with van der Waals surface area (Å²) in [6, 6.07) is 7.20. The van der Waals surface area contributed by atoms with Crippen LogP contribution in [0, 0.1) is 0 Å². The Morgan fingerprint density at radius 3 is 2.76 bits per heavy atom. The van der Waals surface area contributed by atoms with E-state index in [1.54, 1.807) is 30.6 Å². The number of fused-ring (bicyclic) bond motifs is 2. The van der Waals surface area contributed by atoms with Crippen molar-refractivity contribution in [2.45, 2.75) is 32.1 Å². The quantitative estimate of drug-likeness (QED) is 0.717. The van der Waals surface area contributed by atoms with Gasteiger partial charge in [0, 0.05) is 28.9 Å². The molecule has 0 saturated heterocycles. The first-order valence-electron chi connectivity index (χ1n) is 8.52. The summed E-state index contributed by atoms with van der Waals surface area (Å²) in [5.74, 6) is -0.226. The van der Waals surface area contributed by atoms with Gasteiger partial charge in [0.05, 0.1) is 11.3 Å². The maximum absolute atomic E-state index is 12.8. The number of hydrogen-bond acceptors (Lipinski definition) is 4. The van der Waals surface area contributed by atoms with Crippen LogP contribution in [0.3, 0.4) is 0 Å². The molecule has 0 fully saturated rings. The van der Waals surface area contributed by atoms with E-state index >= 15 is 0 Å². The zero-order valence-electron chi connectivity index (χ0n) is 14.0. The average molecular weight is 353 g/mol. The molecule has 0 spiro atoms. The second-order valence-corrected chi connectivity index (χ2v) is 7.49. The third kappa shape index (κ3) is 2.98. The van der Waals surface area contributed by atoms with Gasteiger partial charge in [0.1, 0.15) is 0 Å². The molecule has 128 valence electrons. The fraction of sp³-hybridized carbons (Fsp3) is 0.316. The molecule has 0 aliphatic heterocycles. The molecule has 0 radical (unpaired) electrons. The Morgan fingerprint density at radius 2 is 1.92 bits per heavy atom. The third-order valence-corrected chi connectivity index (χ3v) is 5.72. The first kappa shape index (κ1) is 16.0. The highest BCUT2D eigenvalue weighted by atomic mass is 32.1. The lowest BCUT2D eigenvalue weighted by atomic mass is 10.1. The van der Waals surface area contributed by atoms with Gasteiger partial charge < -0.3 is 4.57 Å². The molecule has 0 unspecified atom stereocenters. The Kier molecular flexibility index (Phi) is 4.13. The number of rotatable bonds is 2. The maximum atomic E-state index is 12.8. The number of anilines is 1. The van der Waals surface area contributed by atoms with Gasteiger partial charge in [0.25, 0.3) is 11.5 Å². The lowest BCUT2D eigenvalue weighted by Gasteiger charge is -2.08. The maximum Gasteiger partial charge on any atom is 0.259 e. The molecular weight excluding hydrogens is 334 g/mol. The summed E-state index contributed by atoms with van der Waals surface area (Å²) in [6.07, 6.45) is 7.23. The highest BCUT2D eigenvalue weighted by molar-refractivity contribution is 7.15. The van der Waals surface area contributed by atoms with Crippen LogP contribution in [0.4, 0.5) is 5.13 Å². The van der Waals surface area contributed by atoms with Gasteiger partial charge in [0.15, 0.2) is 5.13 Å². The van der Waals surface area contributed by atoms with Gasteiger partial charge in [-0.25, -0.2) is 4.98 Å². The summed E-state index contributed by atoms with van der Waals surface area (Å²) in [5.41, 5.74) is 1.51. The van der Waals surface area contributed by atoms with E-state index in [9.17, 15) is 9.59 Å². The van der Waals surface area contributed by atoms with Crippen molar-refractivity contribution in [2.24, 2.45) is 7.05 Å². The molecule has 3 aromatic rings. The number of nitrogens with zero attached hydrogens (tertiary/aromatic N) is 2. The number of amides is 1. The number of pyridine rings is 1. The fourth-order valence-corrected chi connectivity index (χ4v) is 4.39. The molecule has 0 saturated carbocycles. The third-order valence-electron chi connectivity index (χ3n) is 4.65. The number of carbonyl (C=O) groups excluding carboxylic acids is 1. The zero-order valence-corrected chi connectivity index (χ0v) is 14.9. The van der Waals surface area contributed by atoms with Crippen molar-refractivity contribution in [2.75, 3.05) is 5.32 Å². The number of hydrogen-bond donors (Lipinski definition) is 1. The Labute approximate surface area is 149 Å². The average Bonchev–Trinajstić information content (AvgIpc) is 2.86. The van der Waals surface area contributed by atoms with Crippen molar-refractivity contribution in [1.82, 2.24) is 9.55 Å². The predicted molar refractivity (Wildman–Crippen MR) is 101 cm³/mol. The van der Waals surface area contributed by atoms with Crippen LogP contribution in [0.25, 0.3) is 10.8 Å². The van der Waals surface area contributed by atoms with Crippen molar-refractivity contribution in [1.29, 1.82) is 0 Å². The zero-order chi connectivity index (χ0) is 17.4. The summed E-state index contributed by atoms with van der Waals surface area (Å²) < 4.78 is 1.45.